The van der Waals surface area contributed by atoms with Crippen LogP contribution in [-0.4, -0.2) is 41.4 Å². The fraction of sp³-hybridized carbons (Fsp3) is 0.444. The topological polar surface area (TPSA) is 71.5 Å². The van der Waals surface area contributed by atoms with Gasteiger partial charge in [-0.05, 0) is 12.0 Å². The van der Waals surface area contributed by atoms with Crippen LogP contribution in [0.5, 0.6) is 0 Å². The molecular weight excluding hydrogens is 324 g/mol. The van der Waals surface area contributed by atoms with E-state index in [9.17, 15) is 9.90 Å². The van der Waals surface area contributed by atoms with Gasteiger partial charge in [0.1, 0.15) is 5.69 Å². The Bertz CT molecular complexity index is 666. The maximum absolute atomic E-state index is 12.2. The number of rotatable bonds is 6. The van der Waals surface area contributed by atoms with Gasteiger partial charge in [-0.1, -0.05) is 30.3 Å². The Hall–Kier alpha value is -1.76. The summed E-state index contributed by atoms with van der Waals surface area (Å²) in [5, 5.41) is 15.9. The van der Waals surface area contributed by atoms with Gasteiger partial charge in [-0.3, -0.25) is 4.79 Å². The molecule has 1 aliphatic heterocycles. The van der Waals surface area contributed by atoms with Crippen molar-refractivity contribution in [3.05, 3.63) is 52.0 Å². The van der Waals surface area contributed by atoms with E-state index in [4.69, 9.17) is 4.74 Å². The lowest BCUT2D eigenvalue weighted by Gasteiger charge is -2.31. The van der Waals surface area contributed by atoms with Gasteiger partial charge in [0.2, 0.25) is 0 Å². The third kappa shape index (κ3) is 4.63. The molecule has 1 amide bonds. The van der Waals surface area contributed by atoms with E-state index in [2.05, 4.69) is 22.4 Å². The Morgan fingerprint density at radius 1 is 1.25 bits per heavy atom. The summed E-state index contributed by atoms with van der Waals surface area (Å²) >= 11 is 1.50. The normalized spacial score (nSPS) is 16.7. The zero-order valence-corrected chi connectivity index (χ0v) is 14.3. The number of hydrogen-bond acceptors (Lipinski definition) is 5. The summed E-state index contributed by atoms with van der Waals surface area (Å²) in [4.78, 5) is 16.6. The van der Waals surface area contributed by atoms with Crippen molar-refractivity contribution in [3.8, 4) is 0 Å². The number of nitrogens with zero attached hydrogens (tertiary/aromatic N) is 1. The largest absolute Gasteiger partial charge is 0.388 e. The van der Waals surface area contributed by atoms with E-state index in [0.29, 0.717) is 31.7 Å². The van der Waals surface area contributed by atoms with Crippen molar-refractivity contribution in [2.45, 2.75) is 31.3 Å². The lowest BCUT2D eigenvalue weighted by atomic mass is 9.94. The molecule has 24 heavy (non-hydrogen) atoms. The van der Waals surface area contributed by atoms with E-state index >= 15 is 0 Å². The number of aliphatic hydroxyl groups is 1. The maximum atomic E-state index is 12.2. The molecule has 6 heteroatoms. The highest BCUT2D eigenvalue weighted by Gasteiger charge is 2.30. The third-order valence-electron chi connectivity index (χ3n) is 4.26. The Balaban J connectivity index is 1.50. The summed E-state index contributed by atoms with van der Waals surface area (Å²) in [6, 6.07) is 10.2. The molecule has 0 spiro atoms. The van der Waals surface area contributed by atoms with Gasteiger partial charge in [0.05, 0.1) is 10.6 Å². The van der Waals surface area contributed by atoms with Crippen LogP contribution in [-0.2, 0) is 17.6 Å². The molecule has 1 fully saturated rings. The van der Waals surface area contributed by atoms with Crippen LogP contribution in [0.4, 0.5) is 0 Å². The molecule has 0 radical (unpaired) electrons. The van der Waals surface area contributed by atoms with Gasteiger partial charge < -0.3 is 15.2 Å². The lowest BCUT2D eigenvalue weighted by molar-refractivity contribution is -0.0605. The Morgan fingerprint density at radius 2 is 2.00 bits per heavy atom. The molecule has 128 valence electrons. The molecule has 1 aromatic heterocycles. The number of aromatic nitrogens is 1. The van der Waals surface area contributed by atoms with Crippen LogP contribution >= 0.6 is 11.3 Å². The van der Waals surface area contributed by atoms with Crippen LogP contribution in [0.15, 0.2) is 35.7 Å². The van der Waals surface area contributed by atoms with Gasteiger partial charge in [-0.25, -0.2) is 4.98 Å². The third-order valence-corrected chi connectivity index (χ3v) is 5.16. The van der Waals surface area contributed by atoms with E-state index in [-0.39, 0.29) is 12.5 Å². The van der Waals surface area contributed by atoms with Crippen molar-refractivity contribution < 1.29 is 14.6 Å². The van der Waals surface area contributed by atoms with E-state index in [1.165, 1.54) is 16.9 Å². The second-order valence-corrected chi connectivity index (χ2v) is 7.07. The average molecular weight is 346 g/mol. The predicted octanol–water partition coefficient (Wildman–Crippen LogP) is 2.20. The molecule has 1 saturated heterocycles. The smallest absolute Gasteiger partial charge is 0.270 e. The van der Waals surface area contributed by atoms with Gasteiger partial charge in [0, 0.05) is 44.4 Å². The average Bonchev–Trinajstić information content (AvgIpc) is 3.09. The van der Waals surface area contributed by atoms with Crippen LogP contribution < -0.4 is 5.32 Å². The summed E-state index contributed by atoms with van der Waals surface area (Å²) in [5.41, 5.74) is 0.833. The van der Waals surface area contributed by atoms with Crippen molar-refractivity contribution in [2.24, 2.45) is 0 Å². The Labute approximate surface area is 145 Å². The van der Waals surface area contributed by atoms with Crippen molar-refractivity contribution in [2.75, 3.05) is 19.8 Å². The molecule has 0 saturated carbocycles. The lowest BCUT2D eigenvalue weighted by Crippen LogP contribution is -2.46. The minimum absolute atomic E-state index is 0.225. The molecule has 5 nitrogen and oxygen atoms in total. The number of ether oxygens (including phenoxy) is 1. The SMILES string of the molecule is O=C(NCC1(O)CCOCC1)c1csc(CCc2ccccc2)n1. The van der Waals surface area contributed by atoms with Crippen LogP contribution in [0.25, 0.3) is 0 Å². The minimum Gasteiger partial charge on any atom is -0.388 e. The molecule has 0 atom stereocenters. The molecule has 2 aromatic rings. The number of carbonyl (C=O) groups excluding carboxylic acids is 1. The summed E-state index contributed by atoms with van der Waals surface area (Å²) in [5.74, 6) is -0.225. The standard InChI is InChI=1S/C18H22N2O3S/c21-17(19-13-18(22)8-10-23-11-9-18)15-12-24-16(20-15)7-6-14-4-2-1-3-5-14/h1-5,12,22H,6-11,13H2,(H,19,21). The summed E-state index contributed by atoms with van der Waals surface area (Å²) in [7, 11) is 0. The van der Waals surface area contributed by atoms with Gasteiger partial charge >= 0.3 is 0 Å². The molecule has 2 N–H and O–H groups in total. The highest BCUT2D eigenvalue weighted by molar-refractivity contribution is 7.09. The number of nitrogens with one attached hydrogen (secondary N) is 1. The zero-order valence-electron chi connectivity index (χ0n) is 13.5. The minimum atomic E-state index is -0.861. The van der Waals surface area contributed by atoms with Gasteiger partial charge in [0.15, 0.2) is 0 Å². The van der Waals surface area contributed by atoms with Crippen molar-refractivity contribution >= 4 is 17.2 Å². The zero-order chi connectivity index (χ0) is 16.8. The maximum Gasteiger partial charge on any atom is 0.270 e. The highest BCUT2D eigenvalue weighted by Crippen LogP contribution is 2.19. The molecule has 2 heterocycles. The van der Waals surface area contributed by atoms with Crippen molar-refractivity contribution in [1.29, 1.82) is 0 Å². The van der Waals surface area contributed by atoms with E-state index in [1.54, 1.807) is 5.38 Å². The number of thiazole rings is 1. The second kappa shape index (κ2) is 7.88. The number of amides is 1. The fourth-order valence-electron chi connectivity index (χ4n) is 2.69. The molecule has 0 unspecified atom stereocenters. The van der Waals surface area contributed by atoms with Crippen LogP contribution in [0.2, 0.25) is 0 Å². The molecule has 3 rings (SSSR count). The first-order valence-corrected chi connectivity index (χ1v) is 9.09. The first kappa shape index (κ1) is 17.1. The Kier molecular flexibility index (Phi) is 5.60. The summed E-state index contributed by atoms with van der Waals surface area (Å²) in [6.45, 7) is 1.31. The molecule has 0 aliphatic carbocycles. The molecule has 0 bridgehead atoms. The number of benzene rings is 1. The molecule has 1 aromatic carbocycles. The van der Waals surface area contributed by atoms with Crippen molar-refractivity contribution in [1.82, 2.24) is 10.3 Å². The van der Waals surface area contributed by atoms with E-state index in [0.717, 1.165) is 17.8 Å². The van der Waals surface area contributed by atoms with Crippen LogP contribution in [0, 0.1) is 0 Å². The Morgan fingerprint density at radius 3 is 2.75 bits per heavy atom. The monoisotopic (exact) mass is 346 g/mol. The summed E-state index contributed by atoms with van der Waals surface area (Å²) in [6.07, 6.45) is 2.83. The van der Waals surface area contributed by atoms with Crippen molar-refractivity contribution in [3.63, 3.8) is 0 Å². The van der Waals surface area contributed by atoms with E-state index < -0.39 is 5.60 Å². The number of aryl methyl sites for hydroxylation is 2. The number of carbonyl (C=O) groups is 1. The first-order chi connectivity index (χ1) is 11.6. The highest BCUT2D eigenvalue weighted by atomic mass is 32.1. The predicted molar refractivity (Wildman–Crippen MR) is 93.3 cm³/mol. The fourth-order valence-corrected chi connectivity index (χ4v) is 3.47. The van der Waals surface area contributed by atoms with Gasteiger partial charge in [-0.15, -0.1) is 11.3 Å². The quantitative estimate of drug-likeness (QED) is 0.841. The van der Waals surface area contributed by atoms with Crippen LogP contribution in [0.3, 0.4) is 0 Å². The molecular formula is C18H22N2O3S. The summed E-state index contributed by atoms with van der Waals surface area (Å²) < 4.78 is 5.24. The molecule has 1 aliphatic rings. The second-order valence-electron chi connectivity index (χ2n) is 6.13. The first-order valence-electron chi connectivity index (χ1n) is 8.21. The van der Waals surface area contributed by atoms with Crippen LogP contribution in [0.1, 0.15) is 33.9 Å². The van der Waals surface area contributed by atoms with Gasteiger partial charge in [-0.2, -0.15) is 0 Å². The van der Waals surface area contributed by atoms with Gasteiger partial charge in [0.25, 0.3) is 5.91 Å². The van der Waals surface area contributed by atoms with E-state index in [1.807, 2.05) is 18.2 Å². The number of hydrogen-bond donors (Lipinski definition) is 2.